The van der Waals surface area contributed by atoms with Gasteiger partial charge in [0.05, 0.1) is 11.4 Å². The van der Waals surface area contributed by atoms with Gasteiger partial charge in [0.15, 0.2) is 0 Å². The van der Waals surface area contributed by atoms with E-state index in [2.05, 4.69) is 36.2 Å². The minimum Gasteiger partial charge on any atom is -0.317 e. The number of hydrogen-bond donors (Lipinski definition) is 1. The number of nitrogens with zero attached hydrogens (tertiary/aromatic N) is 3. The van der Waals surface area contributed by atoms with Gasteiger partial charge in [-0.25, -0.2) is 4.68 Å². The maximum Gasteiger partial charge on any atom is 0.0679 e. The Morgan fingerprint density at radius 1 is 1.15 bits per heavy atom. The second kappa shape index (κ2) is 7.20. The van der Waals surface area contributed by atoms with Gasteiger partial charge in [0, 0.05) is 18.1 Å². The molecule has 0 atom stereocenters. The molecule has 0 aliphatic heterocycles. The zero-order valence-electron chi connectivity index (χ0n) is 12.7. The van der Waals surface area contributed by atoms with Crippen LogP contribution in [0.3, 0.4) is 0 Å². The van der Waals surface area contributed by atoms with E-state index >= 15 is 0 Å². The summed E-state index contributed by atoms with van der Waals surface area (Å²) in [7, 11) is 0. The van der Waals surface area contributed by atoms with Crippen LogP contribution in [0.5, 0.6) is 0 Å². The Kier molecular flexibility index (Phi) is 5.30. The van der Waals surface area contributed by atoms with E-state index in [9.17, 15) is 0 Å². The van der Waals surface area contributed by atoms with E-state index in [-0.39, 0.29) is 0 Å². The summed E-state index contributed by atoms with van der Waals surface area (Å²) in [6.45, 7) is 8.62. The van der Waals surface area contributed by atoms with E-state index in [0.717, 1.165) is 37.3 Å². The van der Waals surface area contributed by atoms with Crippen molar-refractivity contribution in [3.8, 4) is 5.69 Å². The fourth-order valence-electron chi connectivity index (χ4n) is 2.47. The van der Waals surface area contributed by atoms with Gasteiger partial charge in [-0.1, -0.05) is 6.92 Å². The van der Waals surface area contributed by atoms with Crippen molar-refractivity contribution < 1.29 is 0 Å². The van der Waals surface area contributed by atoms with E-state index < -0.39 is 0 Å². The van der Waals surface area contributed by atoms with E-state index in [0.29, 0.717) is 0 Å². The predicted molar refractivity (Wildman–Crippen MR) is 82.3 cm³/mol. The molecule has 0 unspecified atom stereocenters. The molecule has 20 heavy (non-hydrogen) atoms. The molecule has 0 aromatic carbocycles. The van der Waals surface area contributed by atoms with E-state index in [1.807, 2.05) is 16.8 Å². The van der Waals surface area contributed by atoms with Gasteiger partial charge in [-0.2, -0.15) is 5.10 Å². The molecule has 2 rings (SSSR count). The first kappa shape index (κ1) is 14.7. The third kappa shape index (κ3) is 3.45. The molecule has 0 spiro atoms. The van der Waals surface area contributed by atoms with Crippen molar-refractivity contribution in [1.82, 2.24) is 20.1 Å². The van der Waals surface area contributed by atoms with Crippen LogP contribution in [0, 0.1) is 13.8 Å². The van der Waals surface area contributed by atoms with Crippen LogP contribution < -0.4 is 5.32 Å². The molecule has 4 heteroatoms. The molecular weight excluding hydrogens is 248 g/mol. The number of rotatable bonds is 7. The van der Waals surface area contributed by atoms with Gasteiger partial charge >= 0.3 is 0 Å². The van der Waals surface area contributed by atoms with E-state index in [4.69, 9.17) is 0 Å². The highest BCUT2D eigenvalue weighted by molar-refractivity contribution is 5.35. The van der Waals surface area contributed by atoms with Crippen molar-refractivity contribution in [2.45, 2.75) is 40.0 Å². The summed E-state index contributed by atoms with van der Waals surface area (Å²) in [4.78, 5) is 4.06. The molecule has 4 nitrogen and oxygen atoms in total. The summed E-state index contributed by atoms with van der Waals surface area (Å²) in [6, 6.07) is 3.98. The van der Waals surface area contributed by atoms with Gasteiger partial charge in [-0.05, 0) is 63.9 Å². The minimum atomic E-state index is 1.08. The van der Waals surface area contributed by atoms with Crippen molar-refractivity contribution in [2.24, 2.45) is 0 Å². The fourth-order valence-corrected chi connectivity index (χ4v) is 2.47. The lowest BCUT2D eigenvalue weighted by Crippen LogP contribution is -2.16. The van der Waals surface area contributed by atoms with Crippen LogP contribution >= 0.6 is 0 Å². The Hall–Kier alpha value is -1.68. The number of nitrogens with one attached hydrogen (secondary N) is 1. The summed E-state index contributed by atoms with van der Waals surface area (Å²) >= 11 is 0. The Morgan fingerprint density at radius 3 is 2.60 bits per heavy atom. The lowest BCUT2D eigenvalue weighted by molar-refractivity contribution is 0.638. The van der Waals surface area contributed by atoms with Gasteiger partial charge in [0.25, 0.3) is 0 Å². The van der Waals surface area contributed by atoms with Crippen LogP contribution in [-0.4, -0.2) is 27.9 Å². The SMILES string of the molecule is CCCNCCCc1c(C)nn(-c2ccncc2)c1C. The topological polar surface area (TPSA) is 42.7 Å². The largest absolute Gasteiger partial charge is 0.317 e. The summed E-state index contributed by atoms with van der Waals surface area (Å²) in [5, 5.41) is 8.11. The molecule has 0 radical (unpaired) electrons. The molecule has 2 aromatic heterocycles. The molecule has 108 valence electrons. The Balaban J connectivity index is 2.06. The Morgan fingerprint density at radius 2 is 1.90 bits per heavy atom. The van der Waals surface area contributed by atoms with E-state index in [1.54, 1.807) is 12.4 Å². The standard InChI is InChI=1S/C16H24N4/c1-4-9-17-10-5-6-16-13(2)19-20(14(16)3)15-7-11-18-12-8-15/h7-8,11-12,17H,4-6,9-10H2,1-3H3. The van der Waals surface area contributed by atoms with Crippen molar-refractivity contribution in [2.75, 3.05) is 13.1 Å². The van der Waals surface area contributed by atoms with Crippen molar-refractivity contribution in [3.05, 3.63) is 41.5 Å². The maximum atomic E-state index is 4.66. The molecule has 1 N–H and O–H groups in total. The molecule has 2 aromatic rings. The minimum absolute atomic E-state index is 1.08. The first-order valence-corrected chi connectivity index (χ1v) is 7.40. The molecule has 0 saturated heterocycles. The second-order valence-electron chi connectivity index (χ2n) is 5.12. The number of aryl methyl sites for hydroxylation is 1. The number of aromatic nitrogens is 3. The summed E-state index contributed by atoms with van der Waals surface area (Å²) < 4.78 is 2.02. The number of hydrogen-bond acceptors (Lipinski definition) is 3. The molecule has 0 bridgehead atoms. The van der Waals surface area contributed by atoms with Gasteiger partial charge < -0.3 is 5.32 Å². The first-order valence-electron chi connectivity index (χ1n) is 7.40. The average molecular weight is 272 g/mol. The highest BCUT2D eigenvalue weighted by Gasteiger charge is 2.12. The third-order valence-electron chi connectivity index (χ3n) is 3.56. The van der Waals surface area contributed by atoms with Crippen LogP contribution in [0.15, 0.2) is 24.5 Å². The van der Waals surface area contributed by atoms with E-state index in [1.165, 1.54) is 17.7 Å². The predicted octanol–water partition coefficient (Wildman–Crippen LogP) is 2.82. The van der Waals surface area contributed by atoms with Crippen LogP contribution in [0.4, 0.5) is 0 Å². The first-order chi connectivity index (χ1) is 9.74. The Labute approximate surface area is 121 Å². The van der Waals surface area contributed by atoms with Crippen molar-refractivity contribution >= 4 is 0 Å². The average Bonchev–Trinajstić information content (AvgIpc) is 2.75. The maximum absolute atomic E-state index is 4.66. The second-order valence-corrected chi connectivity index (χ2v) is 5.12. The highest BCUT2D eigenvalue weighted by Crippen LogP contribution is 2.18. The van der Waals surface area contributed by atoms with Gasteiger partial charge in [0.2, 0.25) is 0 Å². The molecule has 0 aliphatic rings. The molecule has 2 heterocycles. The summed E-state index contributed by atoms with van der Waals surface area (Å²) in [5.74, 6) is 0. The third-order valence-corrected chi connectivity index (χ3v) is 3.56. The molecule has 0 fully saturated rings. The smallest absolute Gasteiger partial charge is 0.0679 e. The highest BCUT2D eigenvalue weighted by atomic mass is 15.3. The Bertz CT molecular complexity index is 531. The van der Waals surface area contributed by atoms with Crippen LogP contribution in [0.1, 0.15) is 36.7 Å². The molecule has 0 aliphatic carbocycles. The lowest BCUT2D eigenvalue weighted by Gasteiger charge is -2.06. The van der Waals surface area contributed by atoms with Crippen LogP contribution in [0.2, 0.25) is 0 Å². The van der Waals surface area contributed by atoms with Crippen LogP contribution in [0.25, 0.3) is 5.69 Å². The number of pyridine rings is 1. The van der Waals surface area contributed by atoms with Crippen molar-refractivity contribution in [3.63, 3.8) is 0 Å². The summed E-state index contributed by atoms with van der Waals surface area (Å²) in [6.07, 6.45) is 7.04. The zero-order chi connectivity index (χ0) is 14.4. The van der Waals surface area contributed by atoms with Gasteiger partial charge in [0.1, 0.15) is 0 Å². The normalized spacial score (nSPS) is 10.9. The zero-order valence-corrected chi connectivity index (χ0v) is 12.7. The van der Waals surface area contributed by atoms with Gasteiger partial charge in [-0.3, -0.25) is 4.98 Å². The monoisotopic (exact) mass is 272 g/mol. The van der Waals surface area contributed by atoms with Crippen molar-refractivity contribution in [1.29, 1.82) is 0 Å². The molecular formula is C16H24N4. The molecule has 0 amide bonds. The molecule has 0 saturated carbocycles. The van der Waals surface area contributed by atoms with Crippen LogP contribution in [-0.2, 0) is 6.42 Å². The summed E-state index contributed by atoms with van der Waals surface area (Å²) in [5.41, 5.74) is 4.83. The fraction of sp³-hybridized carbons (Fsp3) is 0.500. The lowest BCUT2D eigenvalue weighted by atomic mass is 10.1. The quantitative estimate of drug-likeness (QED) is 0.788. The van der Waals surface area contributed by atoms with Gasteiger partial charge in [-0.15, -0.1) is 0 Å².